The molecule has 6 nitrogen and oxygen atoms in total. The third kappa shape index (κ3) is 6.36. The molecule has 0 spiro atoms. The molecule has 0 aliphatic rings. The Bertz CT molecular complexity index is 243. The molecular weight excluding hydrogens is 210 g/mol. The van der Waals surface area contributed by atoms with Crippen molar-refractivity contribution in [3.8, 4) is 0 Å². The van der Waals surface area contributed by atoms with Gasteiger partial charge in [0.2, 0.25) is 5.91 Å². The van der Waals surface area contributed by atoms with Crippen LogP contribution >= 0.6 is 0 Å². The van der Waals surface area contributed by atoms with Crippen LogP contribution in [0.25, 0.3) is 0 Å². The topological polar surface area (TPSA) is 118 Å². The minimum absolute atomic E-state index is 0.204. The molecule has 0 unspecified atom stereocenters. The number of carbonyl (C=O) groups is 2. The van der Waals surface area contributed by atoms with Gasteiger partial charge in [0, 0.05) is 6.54 Å². The van der Waals surface area contributed by atoms with Crippen LogP contribution in [-0.4, -0.2) is 35.6 Å². The standard InChI is InChI=1S/C10H21N3O3/c1-6(2)5-8(12)9(14)13-4-3-7(11)10(15)16/h6-8H,3-5,11-12H2,1-2H3,(H,13,14)(H,15,16)/t7-,8+/m0/s1. The second-order valence-corrected chi connectivity index (χ2v) is 4.26. The van der Waals surface area contributed by atoms with Crippen LogP contribution in [0.15, 0.2) is 0 Å². The van der Waals surface area contributed by atoms with Gasteiger partial charge in [-0.2, -0.15) is 0 Å². The molecule has 0 rings (SSSR count). The molecule has 6 heteroatoms. The number of carboxylic acid groups (broad SMARTS) is 1. The number of aliphatic carboxylic acids is 1. The summed E-state index contributed by atoms with van der Waals surface area (Å²) in [6, 6.07) is -1.48. The van der Waals surface area contributed by atoms with Crippen LogP contribution in [0.4, 0.5) is 0 Å². The molecular formula is C10H21N3O3. The van der Waals surface area contributed by atoms with Crippen molar-refractivity contribution in [1.82, 2.24) is 5.32 Å². The first-order chi connectivity index (χ1) is 7.34. The predicted molar refractivity (Wildman–Crippen MR) is 60.7 cm³/mol. The van der Waals surface area contributed by atoms with E-state index in [9.17, 15) is 9.59 Å². The summed E-state index contributed by atoms with van der Waals surface area (Å²) in [7, 11) is 0. The van der Waals surface area contributed by atoms with Crippen LogP contribution in [0.2, 0.25) is 0 Å². The van der Waals surface area contributed by atoms with E-state index in [4.69, 9.17) is 16.6 Å². The van der Waals surface area contributed by atoms with Crippen molar-refractivity contribution in [2.45, 2.75) is 38.8 Å². The molecule has 2 atom stereocenters. The van der Waals surface area contributed by atoms with Gasteiger partial charge >= 0.3 is 5.97 Å². The van der Waals surface area contributed by atoms with E-state index in [0.717, 1.165) is 0 Å². The number of amides is 1. The summed E-state index contributed by atoms with van der Waals surface area (Å²) in [5.74, 6) is -0.978. The largest absolute Gasteiger partial charge is 0.480 e. The van der Waals surface area contributed by atoms with Crippen LogP contribution in [0.1, 0.15) is 26.7 Å². The second kappa shape index (κ2) is 7.19. The van der Waals surface area contributed by atoms with Crippen LogP contribution in [-0.2, 0) is 9.59 Å². The fourth-order valence-corrected chi connectivity index (χ4v) is 1.22. The van der Waals surface area contributed by atoms with Crippen LogP contribution < -0.4 is 16.8 Å². The van der Waals surface area contributed by atoms with Gasteiger partial charge < -0.3 is 21.9 Å². The second-order valence-electron chi connectivity index (χ2n) is 4.26. The third-order valence-electron chi connectivity index (χ3n) is 2.13. The summed E-state index contributed by atoms with van der Waals surface area (Å²) in [4.78, 5) is 21.8. The normalized spacial score (nSPS) is 14.6. The minimum atomic E-state index is -1.07. The molecule has 0 aromatic rings. The highest BCUT2D eigenvalue weighted by Gasteiger charge is 2.16. The lowest BCUT2D eigenvalue weighted by Gasteiger charge is -2.14. The zero-order valence-corrected chi connectivity index (χ0v) is 9.77. The Kier molecular flexibility index (Phi) is 6.67. The van der Waals surface area contributed by atoms with Gasteiger partial charge in [-0.05, 0) is 18.8 Å². The summed E-state index contributed by atoms with van der Waals surface area (Å²) < 4.78 is 0. The zero-order chi connectivity index (χ0) is 12.7. The monoisotopic (exact) mass is 231 g/mol. The average Bonchev–Trinajstić information content (AvgIpc) is 2.15. The van der Waals surface area contributed by atoms with Crippen LogP contribution in [0.5, 0.6) is 0 Å². The Morgan fingerprint density at radius 3 is 2.25 bits per heavy atom. The number of hydrogen-bond acceptors (Lipinski definition) is 4. The highest BCUT2D eigenvalue weighted by Crippen LogP contribution is 2.02. The van der Waals surface area contributed by atoms with Gasteiger partial charge in [-0.15, -0.1) is 0 Å². The SMILES string of the molecule is CC(C)C[C@@H](N)C(=O)NCC[C@H](N)C(=O)O. The molecule has 6 N–H and O–H groups in total. The lowest BCUT2D eigenvalue weighted by molar-refractivity contribution is -0.138. The number of carboxylic acids is 1. The number of nitrogens with one attached hydrogen (secondary N) is 1. The van der Waals surface area contributed by atoms with E-state index in [2.05, 4.69) is 5.32 Å². The van der Waals surface area contributed by atoms with Crippen molar-refractivity contribution in [1.29, 1.82) is 0 Å². The van der Waals surface area contributed by atoms with Crippen molar-refractivity contribution in [3.63, 3.8) is 0 Å². The molecule has 0 saturated carbocycles. The molecule has 1 amide bonds. The van der Waals surface area contributed by atoms with E-state index in [1.165, 1.54) is 0 Å². The number of nitrogens with two attached hydrogens (primary N) is 2. The fraction of sp³-hybridized carbons (Fsp3) is 0.800. The van der Waals surface area contributed by atoms with Gasteiger partial charge in [-0.25, -0.2) is 0 Å². The zero-order valence-electron chi connectivity index (χ0n) is 9.77. The maximum Gasteiger partial charge on any atom is 0.320 e. The van der Waals surface area contributed by atoms with Gasteiger partial charge in [-0.3, -0.25) is 9.59 Å². The summed E-state index contributed by atoms with van der Waals surface area (Å²) in [6.45, 7) is 4.19. The molecule has 94 valence electrons. The first-order valence-corrected chi connectivity index (χ1v) is 5.36. The first kappa shape index (κ1) is 14.9. The van der Waals surface area contributed by atoms with Crippen LogP contribution in [0.3, 0.4) is 0 Å². The minimum Gasteiger partial charge on any atom is -0.480 e. The molecule has 0 saturated heterocycles. The van der Waals surface area contributed by atoms with Gasteiger partial charge in [0.15, 0.2) is 0 Å². The molecule has 0 aromatic heterocycles. The molecule has 0 radical (unpaired) electrons. The summed E-state index contributed by atoms with van der Waals surface area (Å²) in [5.41, 5.74) is 10.9. The van der Waals surface area contributed by atoms with Crippen molar-refractivity contribution in [2.24, 2.45) is 17.4 Å². The van der Waals surface area contributed by atoms with Gasteiger partial charge in [0.1, 0.15) is 6.04 Å². The Balaban J connectivity index is 3.77. The third-order valence-corrected chi connectivity index (χ3v) is 2.13. The fourth-order valence-electron chi connectivity index (χ4n) is 1.22. The summed E-state index contributed by atoms with van der Waals surface area (Å²) in [5, 5.41) is 11.1. The lowest BCUT2D eigenvalue weighted by Crippen LogP contribution is -2.43. The van der Waals surface area contributed by atoms with Crippen molar-refractivity contribution in [3.05, 3.63) is 0 Å². The predicted octanol–water partition coefficient (Wildman–Crippen LogP) is -0.722. The van der Waals surface area contributed by atoms with E-state index < -0.39 is 18.1 Å². The number of rotatable bonds is 7. The molecule has 16 heavy (non-hydrogen) atoms. The smallest absolute Gasteiger partial charge is 0.320 e. The Morgan fingerprint density at radius 2 is 1.81 bits per heavy atom. The number of hydrogen-bond donors (Lipinski definition) is 4. The highest BCUT2D eigenvalue weighted by atomic mass is 16.4. The van der Waals surface area contributed by atoms with Crippen LogP contribution in [0, 0.1) is 5.92 Å². The maximum absolute atomic E-state index is 11.4. The maximum atomic E-state index is 11.4. The van der Waals surface area contributed by atoms with Crippen molar-refractivity contribution < 1.29 is 14.7 Å². The Morgan fingerprint density at radius 1 is 1.25 bits per heavy atom. The average molecular weight is 231 g/mol. The van der Waals surface area contributed by atoms with E-state index in [-0.39, 0.29) is 18.9 Å². The van der Waals surface area contributed by atoms with Crippen molar-refractivity contribution in [2.75, 3.05) is 6.54 Å². The quantitative estimate of drug-likeness (QED) is 0.461. The number of carbonyl (C=O) groups excluding carboxylic acids is 1. The highest BCUT2D eigenvalue weighted by molar-refractivity contribution is 5.81. The van der Waals surface area contributed by atoms with Crippen molar-refractivity contribution >= 4 is 11.9 Å². The van der Waals surface area contributed by atoms with E-state index in [0.29, 0.717) is 12.3 Å². The molecule has 0 fully saturated rings. The van der Waals surface area contributed by atoms with E-state index >= 15 is 0 Å². The molecule has 0 aliphatic heterocycles. The van der Waals surface area contributed by atoms with E-state index in [1.807, 2.05) is 13.8 Å². The summed E-state index contributed by atoms with van der Waals surface area (Å²) >= 11 is 0. The molecule has 0 bridgehead atoms. The lowest BCUT2D eigenvalue weighted by atomic mass is 10.0. The molecule has 0 heterocycles. The van der Waals surface area contributed by atoms with Gasteiger partial charge in [0.05, 0.1) is 6.04 Å². The van der Waals surface area contributed by atoms with E-state index in [1.54, 1.807) is 0 Å². The van der Waals surface area contributed by atoms with Gasteiger partial charge in [-0.1, -0.05) is 13.8 Å². The summed E-state index contributed by atoms with van der Waals surface area (Å²) in [6.07, 6.45) is 0.812. The van der Waals surface area contributed by atoms with Gasteiger partial charge in [0.25, 0.3) is 0 Å². The molecule has 0 aliphatic carbocycles. The Labute approximate surface area is 95.4 Å². The molecule has 0 aromatic carbocycles. The Hall–Kier alpha value is -1.14. The first-order valence-electron chi connectivity index (χ1n) is 5.36.